The zero-order valence-electron chi connectivity index (χ0n) is 12.3. The second-order valence-electron chi connectivity index (χ2n) is 5.01. The van der Waals surface area contributed by atoms with Gasteiger partial charge in [-0.25, -0.2) is 9.18 Å². The van der Waals surface area contributed by atoms with E-state index < -0.39 is 6.03 Å². The summed E-state index contributed by atoms with van der Waals surface area (Å²) in [7, 11) is 1.71. The van der Waals surface area contributed by atoms with Crippen LogP contribution in [0.3, 0.4) is 0 Å². The van der Waals surface area contributed by atoms with Crippen molar-refractivity contribution in [2.24, 2.45) is 0 Å². The molecule has 0 bridgehead atoms. The lowest BCUT2D eigenvalue weighted by Crippen LogP contribution is -2.31. The van der Waals surface area contributed by atoms with E-state index in [1.807, 2.05) is 6.07 Å². The number of benzene rings is 2. The third-order valence-electron chi connectivity index (χ3n) is 3.41. The van der Waals surface area contributed by atoms with Crippen LogP contribution in [0.5, 0.6) is 0 Å². The maximum Gasteiger partial charge on any atom is 0.323 e. The predicted octanol–water partition coefficient (Wildman–Crippen LogP) is 3.54. The van der Waals surface area contributed by atoms with Crippen molar-refractivity contribution in [3.63, 3.8) is 0 Å². The number of carbonyl (C=O) groups is 2. The molecule has 2 aromatic rings. The minimum absolute atomic E-state index is 0.0235. The van der Waals surface area contributed by atoms with E-state index in [0.29, 0.717) is 17.1 Å². The van der Waals surface area contributed by atoms with E-state index in [4.69, 9.17) is 0 Å². The Labute approximate surface area is 136 Å². The Balaban J connectivity index is 1.71. The molecule has 0 spiro atoms. The number of nitrogens with zero attached hydrogens (tertiary/aromatic N) is 1. The van der Waals surface area contributed by atoms with Gasteiger partial charge in [0.05, 0.1) is 11.4 Å². The van der Waals surface area contributed by atoms with Gasteiger partial charge in [-0.2, -0.15) is 0 Å². The minimum atomic E-state index is -0.436. The molecule has 0 atom stereocenters. The van der Waals surface area contributed by atoms with Crippen LogP contribution in [-0.4, -0.2) is 24.7 Å². The fourth-order valence-electron chi connectivity index (χ4n) is 2.18. The van der Waals surface area contributed by atoms with Crippen LogP contribution in [0.15, 0.2) is 47.4 Å². The SMILES string of the molecule is CN1C(=O)CSc2ccc(NC(=O)Nc3ccc(F)cc3)cc21. The van der Waals surface area contributed by atoms with Crippen LogP contribution in [0, 0.1) is 5.82 Å². The number of rotatable bonds is 2. The summed E-state index contributed by atoms with van der Waals surface area (Å²) in [5, 5.41) is 5.31. The molecule has 118 valence electrons. The molecule has 0 saturated heterocycles. The molecule has 1 heterocycles. The summed E-state index contributed by atoms with van der Waals surface area (Å²) >= 11 is 1.48. The van der Waals surface area contributed by atoms with E-state index in [-0.39, 0.29) is 11.7 Å². The zero-order valence-corrected chi connectivity index (χ0v) is 13.1. The number of hydrogen-bond donors (Lipinski definition) is 2. The number of halogens is 1. The molecule has 7 heteroatoms. The second-order valence-corrected chi connectivity index (χ2v) is 6.03. The van der Waals surface area contributed by atoms with Crippen LogP contribution in [0.4, 0.5) is 26.2 Å². The molecular weight excluding hydrogens is 317 g/mol. The van der Waals surface area contributed by atoms with Crippen LogP contribution in [0.2, 0.25) is 0 Å². The number of nitrogens with one attached hydrogen (secondary N) is 2. The summed E-state index contributed by atoms with van der Waals surface area (Å²) in [5.74, 6) is 0.0766. The molecule has 0 radical (unpaired) electrons. The van der Waals surface area contributed by atoms with Crippen molar-refractivity contribution >= 4 is 40.8 Å². The van der Waals surface area contributed by atoms with Crippen molar-refractivity contribution in [3.8, 4) is 0 Å². The van der Waals surface area contributed by atoms with Gasteiger partial charge in [0.2, 0.25) is 5.91 Å². The Bertz CT molecular complexity index is 764. The van der Waals surface area contributed by atoms with E-state index >= 15 is 0 Å². The Kier molecular flexibility index (Phi) is 4.20. The number of anilines is 3. The molecule has 1 aliphatic rings. The summed E-state index contributed by atoms with van der Waals surface area (Å²) in [6.07, 6.45) is 0. The summed E-state index contributed by atoms with van der Waals surface area (Å²) in [4.78, 5) is 26.3. The van der Waals surface area contributed by atoms with Crippen LogP contribution < -0.4 is 15.5 Å². The van der Waals surface area contributed by atoms with E-state index in [1.165, 1.54) is 36.0 Å². The van der Waals surface area contributed by atoms with Crippen molar-refractivity contribution in [2.45, 2.75) is 4.90 Å². The van der Waals surface area contributed by atoms with Gasteiger partial charge in [-0.1, -0.05) is 0 Å². The van der Waals surface area contributed by atoms with E-state index in [1.54, 1.807) is 24.1 Å². The first-order valence-corrected chi connectivity index (χ1v) is 7.88. The first kappa shape index (κ1) is 15.4. The van der Waals surface area contributed by atoms with Gasteiger partial charge in [0, 0.05) is 23.3 Å². The highest BCUT2D eigenvalue weighted by Crippen LogP contribution is 2.36. The van der Waals surface area contributed by atoms with Crippen molar-refractivity contribution in [2.75, 3.05) is 28.3 Å². The molecule has 2 N–H and O–H groups in total. The van der Waals surface area contributed by atoms with Crippen LogP contribution in [0.25, 0.3) is 0 Å². The summed E-state index contributed by atoms with van der Waals surface area (Å²) < 4.78 is 12.8. The fourth-order valence-corrected chi connectivity index (χ4v) is 3.16. The lowest BCUT2D eigenvalue weighted by atomic mass is 10.2. The van der Waals surface area contributed by atoms with Gasteiger partial charge in [0.25, 0.3) is 0 Å². The number of carbonyl (C=O) groups excluding carboxylic acids is 2. The summed E-state index contributed by atoms with van der Waals surface area (Å²) in [5.41, 5.74) is 1.83. The van der Waals surface area contributed by atoms with Crippen LogP contribution in [-0.2, 0) is 4.79 Å². The van der Waals surface area contributed by atoms with Gasteiger partial charge in [-0.15, -0.1) is 11.8 Å². The molecule has 0 fully saturated rings. The van der Waals surface area contributed by atoms with Crippen LogP contribution >= 0.6 is 11.8 Å². The topological polar surface area (TPSA) is 61.4 Å². The normalized spacial score (nSPS) is 13.5. The average Bonchev–Trinajstić information content (AvgIpc) is 2.53. The zero-order chi connectivity index (χ0) is 16.4. The Morgan fingerprint density at radius 3 is 2.52 bits per heavy atom. The highest BCUT2D eigenvalue weighted by molar-refractivity contribution is 8.00. The van der Waals surface area contributed by atoms with Gasteiger partial charge in [0.1, 0.15) is 5.82 Å². The van der Waals surface area contributed by atoms with Gasteiger partial charge in [0.15, 0.2) is 0 Å². The summed E-state index contributed by atoms with van der Waals surface area (Å²) in [6.45, 7) is 0. The third kappa shape index (κ3) is 3.45. The Hall–Kier alpha value is -2.54. The number of fused-ring (bicyclic) bond motifs is 1. The molecule has 1 aliphatic heterocycles. The van der Waals surface area contributed by atoms with Gasteiger partial charge in [-0.05, 0) is 42.5 Å². The molecular formula is C16H14FN3O2S. The highest BCUT2D eigenvalue weighted by atomic mass is 32.2. The predicted molar refractivity (Wildman–Crippen MR) is 89.6 cm³/mol. The molecule has 23 heavy (non-hydrogen) atoms. The number of hydrogen-bond acceptors (Lipinski definition) is 3. The Morgan fingerprint density at radius 2 is 1.78 bits per heavy atom. The van der Waals surface area contributed by atoms with Gasteiger partial charge >= 0.3 is 6.03 Å². The molecule has 0 unspecified atom stereocenters. The molecule has 3 rings (SSSR count). The highest BCUT2D eigenvalue weighted by Gasteiger charge is 2.21. The maximum atomic E-state index is 12.8. The fraction of sp³-hybridized carbons (Fsp3) is 0.125. The molecule has 2 aromatic carbocycles. The van der Waals surface area contributed by atoms with Crippen molar-refractivity contribution in [1.29, 1.82) is 0 Å². The van der Waals surface area contributed by atoms with Gasteiger partial charge in [-0.3, -0.25) is 4.79 Å². The van der Waals surface area contributed by atoms with Crippen molar-refractivity contribution in [3.05, 3.63) is 48.3 Å². The summed E-state index contributed by atoms with van der Waals surface area (Å²) in [6, 6.07) is 10.5. The van der Waals surface area contributed by atoms with Crippen molar-refractivity contribution < 1.29 is 14.0 Å². The number of amides is 3. The molecule has 0 aromatic heterocycles. The quantitative estimate of drug-likeness (QED) is 0.885. The van der Waals surface area contributed by atoms with Crippen LogP contribution in [0.1, 0.15) is 0 Å². The maximum absolute atomic E-state index is 12.8. The molecule has 3 amide bonds. The second kappa shape index (κ2) is 6.29. The molecule has 0 aliphatic carbocycles. The molecule has 5 nitrogen and oxygen atoms in total. The number of thioether (sulfide) groups is 1. The van der Waals surface area contributed by atoms with E-state index in [9.17, 15) is 14.0 Å². The van der Waals surface area contributed by atoms with E-state index in [2.05, 4.69) is 10.6 Å². The lowest BCUT2D eigenvalue weighted by Gasteiger charge is -2.25. The van der Waals surface area contributed by atoms with Crippen molar-refractivity contribution in [1.82, 2.24) is 0 Å². The first-order valence-electron chi connectivity index (χ1n) is 6.90. The standard InChI is InChI=1S/C16H14FN3O2S/c1-20-13-8-12(6-7-14(13)23-9-15(20)21)19-16(22)18-11-4-2-10(17)3-5-11/h2-8H,9H2,1H3,(H2,18,19,22). The van der Waals surface area contributed by atoms with E-state index in [0.717, 1.165) is 10.6 Å². The minimum Gasteiger partial charge on any atom is -0.314 e. The average molecular weight is 331 g/mol. The largest absolute Gasteiger partial charge is 0.323 e. The van der Waals surface area contributed by atoms with Gasteiger partial charge < -0.3 is 15.5 Å². The lowest BCUT2D eigenvalue weighted by molar-refractivity contribution is -0.116. The third-order valence-corrected chi connectivity index (χ3v) is 4.45. The smallest absolute Gasteiger partial charge is 0.314 e. The monoisotopic (exact) mass is 331 g/mol. The number of urea groups is 1. The Morgan fingerprint density at radius 1 is 1.13 bits per heavy atom. The first-order chi connectivity index (χ1) is 11.0. The molecule has 0 saturated carbocycles.